The van der Waals surface area contributed by atoms with Gasteiger partial charge in [0.25, 0.3) is 0 Å². The number of benzene rings is 2. The zero-order valence-electron chi connectivity index (χ0n) is 19.1. The fraction of sp³-hybridized carbons (Fsp3) is 0.308. The minimum Gasteiger partial charge on any atom is -0.463 e. The molecule has 1 unspecified atom stereocenters. The van der Waals surface area contributed by atoms with Crippen molar-refractivity contribution in [2.75, 3.05) is 11.5 Å². The van der Waals surface area contributed by atoms with Gasteiger partial charge in [-0.15, -0.1) is 0 Å². The zero-order chi connectivity index (χ0) is 24.8. The van der Waals surface area contributed by atoms with Gasteiger partial charge in [-0.3, -0.25) is 9.69 Å². The average molecular weight is 520 g/mol. The number of carbonyl (C=O) groups is 2. The monoisotopic (exact) mass is 518 g/mol. The molecule has 0 bridgehead atoms. The lowest BCUT2D eigenvalue weighted by Crippen LogP contribution is -2.43. The molecule has 0 fully saturated rings. The number of rotatable bonds is 4. The molecule has 0 spiro atoms. The largest absolute Gasteiger partial charge is 0.463 e. The highest BCUT2D eigenvalue weighted by Gasteiger charge is 2.47. The maximum absolute atomic E-state index is 13.7. The predicted molar refractivity (Wildman–Crippen MR) is 136 cm³/mol. The van der Waals surface area contributed by atoms with Crippen LogP contribution in [0.4, 0.5) is 5.69 Å². The summed E-state index contributed by atoms with van der Waals surface area (Å²) < 4.78 is 5.40. The van der Waals surface area contributed by atoms with Crippen molar-refractivity contribution in [2.45, 2.75) is 39.5 Å². The number of nitrogens with zero attached hydrogens (tertiary/aromatic N) is 1. The third kappa shape index (κ3) is 4.33. The minimum absolute atomic E-state index is 0.0689. The predicted octanol–water partition coefficient (Wildman–Crippen LogP) is 6.63. The molecule has 2 N–H and O–H groups in total. The molecule has 2 aromatic carbocycles. The molecule has 1 heterocycles. The van der Waals surface area contributed by atoms with Crippen molar-refractivity contribution >= 4 is 52.2 Å². The number of hydrogen-bond donors (Lipinski definition) is 1. The lowest BCUT2D eigenvalue weighted by Gasteiger charge is -2.44. The normalized spacial score (nSPS) is 19.9. The van der Waals surface area contributed by atoms with Crippen LogP contribution in [0.5, 0.6) is 0 Å². The van der Waals surface area contributed by atoms with E-state index in [9.17, 15) is 9.59 Å². The fourth-order valence-electron chi connectivity index (χ4n) is 4.76. The van der Waals surface area contributed by atoms with Crippen LogP contribution in [-0.4, -0.2) is 18.4 Å². The van der Waals surface area contributed by atoms with Crippen molar-refractivity contribution in [2.24, 2.45) is 11.1 Å². The Bertz CT molecular complexity index is 1230. The number of hydrogen-bond acceptors (Lipinski definition) is 5. The number of allylic oxidation sites excluding steroid dienone is 2. The van der Waals surface area contributed by atoms with Gasteiger partial charge in [0.1, 0.15) is 5.82 Å². The van der Waals surface area contributed by atoms with Gasteiger partial charge >= 0.3 is 5.97 Å². The van der Waals surface area contributed by atoms with Gasteiger partial charge in [-0.1, -0.05) is 60.8 Å². The van der Waals surface area contributed by atoms with Gasteiger partial charge in [0.15, 0.2) is 5.78 Å². The molecule has 178 valence electrons. The number of anilines is 1. The Kier molecular flexibility index (Phi) is 6.74. The van der Waals surface area contributed by atoms with Crippen molar-refractivity contribution in [3.8, 4) is 0 Å². The van der Waals surface area contributed by atoms with Crippen LogP contribution in [0.25, 0.3) is 0 Å². The first-order chi connectivity index (χ1) is 16.1. The Morgan fingerprint density at radius 3 is 2.44 bits per heavy atom. The number of Topliss-reactive ketones (excluding diaryl/α,β-unsaturated/α-hetero) is 1. The Hall–Kier alpha value is -2.47. The zero-order valence-corrected chi connectivity index (χ0v) is 21.4. The topological polar surface area (TPSA) is 72.6 Å². The van der Waals surface area contributed by atoms with Crippen molar-refractivity contribution in [3.63, 3.8) is 0 Å². The second-order valence-corrected chi connectivity index (χ2v) is 10.4. The summed E-state index contributed by atoms with van der Waals surface area (Å²) in [6.07, 6.45) is 0.896. The number of ether oxygens (including phenoxy) is 1. The summed E-state index contributed by atoms with van der Waals surface area (Å²) >= 11 is 19.1. The maximum Gasteiger partial charge on any atom is 0.338 e. The van der Waals surface area contributed by atoms with Gasteiger partial charge in [0.2, 0.25) is 0 Å². The molecule has 0 saturated heterocycles. The third-order valence-corrected chi connectivity index (χ3v) is 7.22. The molecule has 5 nitrogen and oxygen atoms in total. The van der Waals surface area contributed by atoms with E-state index in [0.717, 1.165) is 5.70 Å². The van der Waals surface area contributed by atoms with E-state index < -0.39 is 11.9 Å². The quantitative estimate of drug-likeness (QED) is 0.459. The standard InChI is InChI=1S/C26H25Cl3N2O3/c1-4-34-25(33)22-20(16-6-5-7-17(28)23(16)29)21-18(12-26(2,3)13-19(21)32)31(24(22)30)15-10-8-14(27)9-11-15/h5-11,20H,4,12-13,30H2,1-3H3. The molecule has 34 heavy (non-hydrogen) atoms. The highest BCUT2D eigenvalue weighted by Crippen LogP contribution is 2.52. The van der Waals surface area contributed by atoms with Gasteiger partial charge in [0.05, 0.1) is 28.1 Å². The first kappa shape index (κ1) is 24.6. The number of carbonyl (C=O) groups excluding carboxylic acids is 2. The second-order valence-electron chi connectivity index (χ2n) is 9.21. The highest BCUT2D eigenvalue weighted by molar-refractivity contribution is 6.42. The molecule has 1 aliphatic carbocycles. The summed E-state index contributed by atoms with van der Waals surface area (Å²) in [4.78, 5) is 28.8. The number of esters is 1. The molecular weight excluding hydrogens is 495 g/mol. The van der Waals surface area contributed by atoms with Crippen LogP contribution >= 0.6 is 34.8 Å². The number of nitrogens with two attached hydrogens (primary N) is 1. The smallest absolute Gasteiger partial charge is 0.338 e. The van der Waals surface area contributed by atoms with Crippen molar-refractivity contribution in [1.82, 2.24) is 0 Å². The third-order valence-electron chi connectivity index (χ3n) is 6.13. The van der Waals surface area contributed by atoms with Crippen molar-refractivity contribution in [1.29, 1.82) is 0 Å². The molecule has 0 aromatic heterocycles. The summed E-state index contributed by atoms with van der Waals surface area (Å²) in [5.74, 6) is -1.29. The van der Waals surface area contributed by atoms with Crippen molar-refractivity contribution < 1.29 is 14.3 Å². The minimum atomic E-state index is -0.799. The van der Waals surface area contributed by atoms with Crippen molar-refractivity contribution in [3.05, 3.63) is 85.8 Å². The lowest BCUT2D eigenvalue weighted by molar-refractivity contribution is -0.138. The lowest BCUT2D eigenvalue weighted by atomic mass is 9.68. The van der Waals surface area contributed by atoms with E-state index in [1.54, 1.807) is 54.3 Å². The molecule has 1 aliphatic heterocycles. The van der Waals surface area contributed by atoms with Gasteiger partial charge < -0.3 is 10.5 Å². The van der Waals surface area contributed by atoms with E-state index in [4.69, 9.17) is 45.3 Å². The van der Waals surface area contributed by atoms with E-state index in [-0.39, 0.29) is 34.2 Å². The molecule has 2 aromatic rings. The molecular formula is C26H25Cl3N2O3. The van der Waals surface area contributed by atoms with Gasteiger partial charge in [-0.2, -0.15) is 0 Å². The van der Waals surface area contributed by atoms with E-state index in [1.807, 2.05) is 13.8 Å². The number of ketones is 1. The van der Waals surface area contributed by atoms with Gasteiger partial charge in [-0.25, -0.2) is 4.79 Å². The SMILES string of the molecule is CCOC(=O)C1=C(N)N(c2ccc(Cl)cc2)C2=C(C(=O)CC(C)(C)C2)C1c1cccc(Cl)c1Cl. The van der Waals surface area contributed by atoms with Crippen LogP contribution in [0.15, 0.2) is 65.1 Å². The Morgan fingerprint density at radius 2 is 1.79 bits per heavy atom. The van der Waals surface area contributed by atoms with E-state index in [0.29, 0.717) is 39.7 Å². The fourth-order valence-corrected chi connectivity index (χ4v) is 5.30. The first-order valence-corrected chi connectivity index (χ1v) is 12.1. The number of halogens is 3. The summed E-state index contributed by atoms with van der Waals surface area (Å²) in [7, 11) is 0. The van der Waals surface area contributed by atoms with Crippen LogP contribution < -0.4 is 10.6 Å². The van der Waals surface area contributed by atoms with Crippen LogP contribution in [0.2, 0.25) is 15.1 Å². The Labute approximate surface area is 214 Å². The first-order valence-electron chi connectivity index (χ1n) is 11.0. The molecule has 4 rings (SSSR count). The average Bonchev–Trinajstić information content (AvgIpc) is 2.75. The summed E-state index contributed by atoms with van der Waals surface area (Å²) in [5.41, 5.74) is 9.04. The molecule has 8 heteroatoms. The molecule has 0 saturated carbocycles. The summed E-state index contributed by atoms with van der Waals surface area (Å²) in [6, 6.07) is 12.3. The molecule has 1 atom stereocenters. The van der Waals surface area contributed by atoms with Gasteiger partial charge in [-0.05, 0) is 54.7 Å². The van der Waals surface area contributed by atoms with Crippen LogP contribution in [0.3, 0.4) is 0 Å². The van der Waals surface area contributed by atoms with E-state index in [1.165, 1.54) is 0 Å². The molecule has 0 amide bonds. The Morgan fingerprint density at radius 1 is 1.12 bits per heavy atom. The highest BCUT2D eigenvalue weighted by atomic mass is 35.5. The Balaban J connectivity index is 2.06. The van der Waals surface area contributed by atoms with Crippen LogP contribution in [0, 0.1) is 5.41 Å². The van der Waals surface area contributed by atoms with Crippen LogP contribution in [-0.2, 0) is 14.3 Å². The molecule has 2 aliphatic rings. The van der Waals surface area contributed by atoms with E-state index >= 15 is 0 Å². The van der Waals surface area contributed by atoms with E-state index in [2.05, 4.69) is 0 Å². The van der Waals surface area contributed by atoms with Crippen LogP contribution in [0.1, 0.15) is 45.1 Å². The maximum atomic E-state index is 13.7. The summed E-state index contributed by atoms with van der Waals surface area (Å²) in [6.45, 7) is 5.95. The summed E-state index contributed by atoms with van der Waals surface area (Å²) in [5, 5.41) is 1.16. The second kappa shape index (κ2) is 9.29. The molecule has 0 radical (unpaired) electrons. The van der Waals surface area contributed by atoms with Gasteiger partial charge in [0, 0.05) is 28.4 Å².